The number of rotatable bonds is 3. The predicted molar refractivity (Wildman–Crippen MR) is 108 cm³/mol. The van der Waals surface area contributed by atoms with E-state index in [9.17, 15) is 5.11 Å². The molecular formula is C21H31N3O. The SMILES string of the molecule is CN.CN.CN.OC(c1ccccc1)c1ccccc1C1C=CC=C1. The lowest BCUT2D eigenvalue weighted by Gasteiger charge is -2.18. The van der Waals surface area contributed by atoms with Crippen molar-refractivity contribution in [2.45, 2.75) is 12.0 Å². The van der Waals surface area contributed by atoms with Crippen LogP contribution in [-0.4, -0.2) is 26.2 Å². The fourth-order valence-electron chi connectivity index (χ4n) is 2.52. The molecule has 0 radical (unpaired) electrons. The molecule has 4 heteroatoms. The Hall–Kier alpha value is -2.24. The fourth-order valence-corrected chi connectivity index (χ4v) is 2.52. The summed E-state index contributed by atoms with van der Waals surface area (Å²) in [4.78, 5) is 0. The van der Waals surface area contributed by atoms with Crippen LogP contribution in [0.2, 0.25) is 0 Å². The van der Waals surface area contributed by atoms with E-state index in [1.807, 2.05) is 48.5 Å². The van der Waals surface area contributed by atoms with Gasteiger partial charge in [0.05, 0.1) is 0 Å². The molecule has 0 aliphatic heterocycles. The van der Waals surface area contributed by atoms with E-state index in [2.05, 4.69) is 47.6 Å². The number of benzene rings is 2. The summed E-state index contributed by atoms with van der Waals surface area (Å²) in [6.07, 6.45) is 7.83. The Morgan fingerprint density at radius 2 is 1.20 bits per heavy atom. The zero-order valence-electron chi connectivity index (χ0n) is 15.3. The van der Waals surface area contributed by atoms with E-state index in [-0.39, 0.29) is 5.92 Å². The quantitative estimate of drug-likeness (QED) is 0.690. The lowest BCUT2D eigenvalue weighted by atomic mass is 9.90. The maximum atomic E-state index is 10.6. The second-order valence-electron chi connectivity index (χ2n) is 4.74. The Labute approximate surface area is 151 Å². The molecule has 136 valence electrons. The molecule has 0 fully saturated rings. The van der Waals surface area contributed by atoms with Gasteiger partial charge >= 0.3 is 0 Å². The van der Waals surface area contributed by atoms with Gasteiger partial charge in [0.15, 0.2) is 0 Å². The lowest BCUT2D eigenvalue weighted by Crippen LogP contribution is -2.05. The average Bonchev–Trinajstić information content (AvgIpc) is 3.27. The molecule has 4 nitrogen and oxygen atoms in total. The van der Waals surface area contributed by atoms with Crippen molar-refractivity contribution in [2.75, 3.05) is 21.1 Å². The molecule has 0 amide bonds. The highest BCUT2D eigenvalue weighted by Crippen LogP contribution is 2.32. The topological polar surface area (TPSA) is 98.3 Å². The Morgan fingerprint density at radius 3 is 1.76 bits per heavy atom. The number of hydrogen-bond donors (Lipinski definition) is 4. The van der Waals surface area contributed by atoms with Crippen LogP contribution in [0.1, 0.15) is 28.7 Å². The summed E-state index contributed by atoms with van der Waals surface area (Å²) >= 11 is 0. The summed E-state index contributed by atoms with van der Waals surface area (Å²) in [5.74, 6) is 0.273. The van der Waals surface area contributed by atoms with Crippen LogP contribution in [0, 0.1) is 0 Å². The Kier molecular flexibility index (Phi) is 12.9. The second kappa shape index (κ2) is 14.1. The van der Waals surface area contributed by atoms with Crippen LogP contribution in [0.3, 0.4) is 0 Å². The van der Waals surface area contributed by atoms with Crippen molar-refractivity contribution in [3.63, 3.8) is 0 Å². The lowest BCUT2D eigenvalue weighted by molar-refractivity contribution is 0.219. The minimum absolute atomic E-state index is 0.273. The minimum atomic E-state index is -0.570. The van der Waals surface area contributed by atoms with Crippen LogP contribution in [0.4, 0.5) is 0 Å². The van der Waals surface area contributed by atoms with Gasteiger partial charge in [0.2, 0.25) is 0 Å². The summed E-state index contributed by atoms with van der Waals surface area (Å²) in [5, 5.41) is 10.6. The normalized spacial score (nSPS) is 12.8. The van der Waals surface area contributed by atoms with Crippen molar-refractivity contribution in [1.82, 2.24) is 0 Å². The molecule has 1 atom stereocenters. The number of aliphatic hydroxyl groups excluding tert-OH is 1. The van der Waals surface area contributed by atoms with Gasteiger partial charge in [-0.05, 0) is 37.8 Å². The number of allylic oxidation sites excluding steroid dienone is 4. The van der Waals surface area contributed by atoms with Gasteiger partial charge < -0.3 is 22.3 Å². The third-order valence-corrected chi connectivity index (χ3v) is 3.51. The first-order chi connectivity index (χ1) is 12.4. The Balaban J connectivity index is 0.000000871. The first kappa shape index (κ1) is 22.8. The average molecular weight is 341 g/mol. The minimum Gasteiger partial charge on any atom is -0.384 e. The van der Waals surface area contributed by atoms with Gasteiger partial charge in [0, 0.05) is 5.92 Å². The number of hydrogen-bond acceptors (Lipinski definition) is 4. The first-order valence-corrected chi connectivity index (χ1v) is 8.26. The molecule has 2 aromatic rings. The standard InChI is InChI=1S/C18H16O.3CH5N/c19-18(15-10-2-1-3-11-15)17-13-7-6-12-16(17)14-8-4-5-9-14;3*1-2/h1-14,18-19H;3*2H2,1H3. The molecule has 0 spiro atoms. The Morgan fingerprint density at radius 1 is 0.720 bits per heavy atom. The van der Waals surface area contributed by atoms with Gasteiger partial charge in [0.1, 0.15) is 6.10 Å². The third-order valence-electron chi connectivity index (χ3n) is 3.51. The molecule has 1 aliphatic carbocycles. The van der Waals surface area contributed by atoms with E-state index < -0.39 is 6.10 Å². The molecule has 0 saturated carbocycles. The highest BCUT2D eigenvalue weighted by Gasteiger charge is 2.18. The van der Waals surface area contributed by atoms with Crippen molar-refractivity contribution in [3.8, 4) is 0 Å². The zero-order chi connectivity index (χ0) is 19.1. The molecule has 0 saturated heterocycles. The van der Waals surface area contributed by atoms with Crippen LogP contribution in [-0.2, 0) is 0 Å². The molecule has 2 aromatic carbocycles. The summed E-state index contributed by atoms with van der Waals surface area (Å²) < 4.78 is 0. The molecule has 25 heavy (non-hydrogen) atoms. The van der Waals surface area contributed by atoms with Gasteiger partial charge in [-0.3, -0.25) is 0 Å². The molecule has 0 aromatic heterocycles. The van der Waals surface area contributed by atoms with E-state index in [1.165, 1.54) is 26.7 Å². The van der Waals surface area contributed by atoms with E-state index in [0.29, 0.717) is 0 Å². The monoisotopic (exact) mass is 341 g/mol. The van der Waals surface area contributed by atoms with Crippen LogP contribution in [0.25, 0.3) is 0 Å². The molecule has 3 rings (SSSR count). The molecular weight excluding hydrogens is 310 g/mol. The van der Waals surface area contributed by atoms with Crippen LogP contribution >= 0.6 is 0 Å². The van der Waals surface area contributed by atoms with Crippen molar-refractivity contribution in [3.05, 3.63) is 95.6 Å². The Bertz CT molecular complexity index is 612. The molecule has 1 aliphatic rings. The largest absolute Gasteiger partial charge is 0.384 e. The maximum absolute atomic E-state index is 10.6. The van der Waals surface area contributed by atoms with E-state index >= 15 is 0 Å². The van der Waals surface area contributed by atoms with E-state index in [4.69, 9.17) is 0 Å². The number of nitrogens with two attached hydrogens (primary N) is 3. The van der Waals surface area contributed by atoms with Crippen LogP contribution < -0.4 is 17.2 Å². The van der Waals surface area contributed by atoms with Gasteiger partial charge in [-0.2, -0.15) is 0 Å². The van der Waals surface area contributed by atoms with Crippen molar-refractivity contribution in [2.24, 2.45) is 17.2 Å². The smallest absolute Gasteiger partial charge is 0.104 e. The number of aliphatic hydroxyl groups is 1. The summed E-state index contributed by atoms with van der Waals surface area (Å²) in [6.45, 7) is 0. The zero-order valence-corrected chi connectivity index (χ0v) is 15.3. The predicted octanol–water partition coefficient (Wildman–Crippen LogP) is 2.70. The van der Waals surface area contributed by atoms with Gasteiger partial charge in [-0.15, -0.1) is 0 Å². The summed E-state index contributed by atoms with van der Waals surface area (Å²) in [7, 11) is 4.50. The summed E-state index contributed by atoms with van der Waals surface area (Å²) in [6, 6.07) is 17.9. The third kappa shape index (κ3) is 6.64. The highest BCUT2D eigenvalue weighted by atomic mass is 16.3. The maximum Gasteiger partial charge on any atom is 0.104 e. The molecule has 1 unspecified atom stereocenters. The van der Waals surface area contributed by atoms with Gasteiger partial charge in [-0.25, -0.2) is 0 Å². The molecule has 0 bridgehead atoms. The fraction of sp³-hybridized carbons (Fsp3) is 0.238. The summed E-state index contributed by atoms with van der Waals surface area (Å²) in [5.41, 5.74) is 16.6. The van der Waals surface area contributed by atoms with E-state index in [1.54, 1.807) is 0 Å². The van der Waals surface area contributed by atoms with Gasteiger partial charge in [0.25, 0.3) is 0 Å². The van der Waals surface area contributed by atoms with E-state index in [0.717, 1.165) is 11.1 Å². The van der Waals surface area contributed by atoms with Crippen molar-refractivity contribution in [1.29, 1.82) is 0 Å². The van der Waals surface area contributed by atoms with Crippen molar-refractivity contribution < 1.29 is 5.11 Å². The second-order valence-corrected chi connectivity index (χ2v) is 4.74. The first-order valence-electron chi connectivity index (χ1n) is 8.26. The van der Waals surface area contributed by atoms with Crippen LogP contribution in [0.15, 0.2) is 78.9 Å². The highest BCUT2D eigenvalue weighted by molar-refractivity contribution is 5.43. The molecule has 0 heterocycles. The van der Waals surface area contributed by atoms with Crippen molar-refractivity contribution >= 4 is 0 Å². The molecule has 7 N–H and O–H groups in total. The van der Waals surface area contributed by atoms with Crippen LogP contribution in [0.5, 0.6) is 0 Å². The van der Waals surface area contributed by atoms with Gasteiger partial charge in [-0.1, -0.05) is 78.9 Å².